The Morgan fingerprint density at radius 1 is 1.37 bits per heavy atom. The number of rotatable bonds is 2. The fraction of sp³-hybridized carbons (Fsp3) is 0.273. The van der Waals surface area contributed by atoms with Crippen LogP contribution in [0.5, 0.6) is 0 Å². The van der Waals surface area contributed by atoms with Crippen molar-refractivity contribution in [3.8, 4) is 6.07 Å². The van der Waals surface area contributed by atoms with Gasteiger partial charge in [-0.2, -0.15) is 18.4 Å². The van der Waals surface area contributed by atoms with Gasteiger partial charge in [-0.1, -0.05) is 0 Å². The normalized spacial score (nSPS) is 11.3. The van der Waals surface area contributed by atoms with E-state index < -0.39 is 40.8 Å². The molecule has 102 valence electrons. The first-order valence-corrected chi connectivity index (χ1v) is 4.74. The highest BCUT2D eigenvalue weighted by atomic mass is 19.4. The van der Waals surface area contributed by atoms with Gasteiger partial charge in [-0.15, -0.1) is 0 Å². The first-order valence-electron chi connectivity index (χ1n) is 4.74. The molecule has 0 aliphatic heterocycles. The van der Waals surface area contributed by atoms with Gasteiger partial charge < -0.3 is 4.74 Å². The summed E-state index contributed by atoms with van der Waals surface area (Å²) >= 11 is 0. The van der Waals surface area contributed by atoms with Gasteiger partial charge >= 0.3 is 12.1 Å². The molecule has 0 saturated carbocycles. The van der Waals surface area contributed by atoms with Gasteiger partial charge in [-0.05, 0) is 12.1 Å². The topological polar surface area (TPSA) is 50.1 Å². The largest absolute Gasteiger partial charge is 0.465 e. The minimum atomic E-state index is -5.03. The molecule has 19 heavy (non-hydrogen) atoms. The van der Waals surface area contributed by atoms with Crippen LogP contribution in [-0.2, 0) is 10.9 Å². The molecule has 0 amide bonds. The van der Waals surface area contributed by atoms with Gasteiger partial charge in [-0.25, -0.2) is 13.6 Å². The maximum absolute atomic E-state index is 12.8. The van der Waals surface area contributed by atoms with Crippen LogP contribution in [0.1, 0.15) is 33.5 Å². The van der Waals surface area contributed by atoms with Gasteiger partial charge in [0, 0.05) is 5.56 Å². The average Bonchev–Trinajstić information content (AvgIpc) is 2.34. The molecule has 0 radical (unpaired) electrons. The Labute approximate surface area is 104 Å². The van der Waals surface area contributed by atoms with E-state index in [0.717, 1.165) is 13.2 Å². The molecule has 0 unspecified atom stereocenters. The summed E-state index contributed by atoms with van der Waals surface area (Å²) in [7, 11) is 0.809. The number of carbonyl (C=O) groups excluding carboxylic acids is 1. The van der Waals surface area contributed by atoms with E-state index >= 15 is 0 Å². The maximum Gasteiger partial charge on any atom is 0.418 e. The lowest BCUT2D eigenvalue weighted by atomic mass is 9.97. The molecule has 3 nitrogen and oxygen atoms in total. The Morgan fingerprint density at radius 3 is 2.32 bits per heavy atom. The number of alkyl halides is 5. The molecule has 0 spiro atoms. The van der Waals surface area contributed by atoms with Gasteiger partial charge in [0.05, 0.1) is 29.9 Å². The number of ether oxygens (including phenoxy) is 1. The minimum Gasteiger partial charge on any atom is -0.465 e. The molecular formula is C11H6F5NO2. The molecule has 0 N–H and O–H groups in total. The Balaban J connectivity index is 3.69. The van der Waals surface area contributed by atoms with Crippen molar-refractivity contribution in [1.82, 2.24) is 0 Å². The van der Waals surface area contributed by atoms with Crippen molar-refractivity contribution < 1.29 is 31.5 Å². The lowest BCUT2D eigenvalue weighted by molar-refractivity contribution is -0.138. The summed E-state index contributed by atoms with van der Waals surface area (Å²) < 4.78 is 67.5. The van der Waals surface area contributed by atoms with Crippen molar-refractivity contribution in [3.05, 3.63) is 34.4 Å². The SMILES string of the molecule is COC(=O)c1cc(C(F)F)cc(C#N)c1C(F)(F)F. The zero-order chi connectivity index (χ0) is 14.8. The molecule has 0 aromatic heterocycles. The Bertz CT molecular complexity index is 545. The van der Waals surface area contributed by atoms with Crippen LogP contribution in [0.25, 0.3) is 0 Å². The van der Waals surface area contributed by atoms with Crippen molar-refractivity contribution in [2.24, 2.45) is 0 Å². The van der Waals surface area contributed by atoms with E-state index in [1.165, 1.54) is 0 Å². The molecule has 0 fully saturated rings. The van der Waals surface area contributed by atoms with Gasteiger partial charge in [0.2, 0.25) is 0 Å². The highest BCUT2D eigenvalue weighted by molar-refractivity contribution is 5.92. The third-order valence-electron chi connectivity index (χ3n) is 2.22. The van der Waals surface area contributed by atoms with Crippen LogP contribution in [0.3, 0.4) is 0 Å². The van der Waals surface area contributed by atoms with E-state index in [2.05, 4.69) is 4.74 Å². The van der Waals surface area contributed by atoms with Crippen LogP contribution in [0.4, 0.5) is 22.0 Å². The molecule has 1 rings (SSSR count). The van der Waals surface area contributed by atoms with E-state index in [0.29, 0.717) is 12.1 Å². The number of methoxy groups -OCH3 is 1. The van der Waals surface area contributed by atoms with Crippen LogP contribution in [0.2, 0.25) is 0 Å². The molecule has 0 saturated heterocycles. The summed E-state index contributed by atoms with van der Waals surface area (Å²) in [6, 6.07) is 1.93. The minimum absolute atomic E-state index is 0.375. The fourth-order valence-corrected chi connectivity index (χ4v) is 1.45. The number of nitrogens with zero attached hydrogens (tertiary/aromatic N) is 1. The lowest BCUT2D eigenvalue weighted by Crippen LogP contribution is -2.17. The van der Waals surface area contributed by atoms with Crippen molar-refractivity contribution >= 4 is 5.97 Å². The first-order chi connectivity index (χ1) is 8.72. The Kier molecular flexibility index (Phi) is 4.09. The second kappa shape index (κ2) is 5.22. The number of esters is 1. The molecular weight excluding hydrogens is 273 g/mol. The molecule has 0 aliphatic carbocycles. The summed E-state index contributed by atoms with van der Waals surface area (Å²) in [4.78, 5) is 11.2. The molecule has 1 aromatic rings. The molecule has 0 heterocycles. The third kappa shape index (κ3) is 2.99. The smallest absolute Gasteiger partial charge is 0.418 e. The van der Waals surface area contributed by atoms with Crippen LogP contribution >= 0.6 is 0 Å². The predicted molar refractivity (Wildman–Crippen MR) is 52.5 cm³/mol. The van der Waals surface area contributed by atoms with E-state index in [1.807, 2.05) is 0 Å². The zero-order valence-electron chi connectivity index (χ0n) is 9.39. The first kappa shape index (κ1) is 14.9. The van der Waals surface area contributed by atoms with Crippen molar-refractivity contribution in [1.29, 1.82) is 5.26 Å². The second-order valence-corrected chi connectivity index (χ2v) is 3.39. The van der Waals surface area contributed by atoms with Crippen molar-refractivity contribution in [2.75, 3.05) is 7.11 Å². The number of hydrogen-bond acceptors (Lipinski definition) is 3. The summed E-state index contributed by atoms with van der Waals surface area (Å²) in [5.74, 6) is -1.44. The highest BCUT2D eigenvalue weighted by Crippen LogP contribution is 2.37. The van der Waals surface area contributed by atoms with Gasteiger partial charge in [0.15, 0.2) is 0 Å². The molecule has 1 aromatic carbocycles. The Morgan fingerprint density at radius 2 is 1.95 bits per heavy atom. The van der Waals surface area contributed by atoms with Crippen molar-refractivity contribution in [2.45, 2.75) is 12.6 Å². The molecule has 8 heteroatoms. The van der Waals surface area contributed by atoms with Crippen LogP contribution < -0.4 is 0 Å². The van der Waals surface area contributed by atoms with E-state index in [-0.39, 0.29) is 0 Å². The molecule has 0 bridgehead atoms. The predicted octanol–water partition coefficient (Wildman–Crippen LogP) is 3.30. The number of halogens is 5. The second-order valence-electron chi connectivity index (χ2n) is 3.39. The summed E-state index contributed by atoms with van der Waals surface area (Å²) in [5, 5.41) is 8.62. The fourth-order valence-electron chi connectivity index (χ4n) is 1.45. The third-order valence-corrected chi connectivity index (χ3v) is 2.22. The zero-order valence-corrected chi connectivity index (χ0v) is 9.39. The average molecular weight is 279 g/mol. The van der Waals surface area contributed by atoms with E-state index in [4.69, 9.17) is 5.26 Å². The Hall–Kier alpha value is -2.17. The monoisotopic (exact) mass is 279 g/mol. The van der Waals surface area contributed by atoms with E-state index in [9.17, 15) is 26.7 Å². The molecule has 0 aliphatic rings. The lowest BCUT2D eigenvalue weighted by Gasteiger charge is -2.14. The standard InChI is InChI=1S/C11H6F5NO2/c1-19-10(18)7-3-5(9(12)13)2-6(4-17)8(7)11(14,15)16/h2-3,9H,1H3. The van der Waals surface area contributed by atoms with Gasteiger partial charge in [-0.3, -0.25) is 0 Å². The van der Waals surface area contributed by atoms with Crippen LogP contribution in [-0.4, -0.2) is 13.1 Å². The van der Waals surface area contributed by atoms with Crippen LogP contribution in [0.15, 0.2) is 12.1 Å². The van der Waals surface area contributed by atoms with Gasteiger partial charge in [0.25, 0.3) is 6.43 Å². The van der Waals surface area contributed by atoms with Crippen molar-refractivity contribution in [3.63, 3.8) is 0 Å². The number of carbonyl (C=O) groups is 1. The number of nitriles is 1. The number of benzene rings is 1. The van der Waals surface area contributed by atoms with Gasteiger partial charge in [0.1, 0.15) is 0 Å². The quantitative estimate of drug-likeness (QED) is 0.616. The summed E-state index contributed by atoms with van der Waals surface area (Å²) in [6.45, 7) is 0. The molecule has 0 atom stereocenters. The van der Waals surface area contributed by atoms with Crippen LogP contribution in [0, 0.1) is 11.3 Å². The van der Waals surface area contributed by atoms with E-state index in [1.54, 1.807) is 0 Å². The summed E-state index contributed by atoms with van der Waals surface area (Å²) in [6.07, 6.45) is -8.15. The maximum atomic E-state index is 12.8. The highest BCUT2D eigenvalue weighted by Gasteiger charge is 2.39. The summed E-state index contributed by atoms with van der Waals surface area (Å²) in [5.41, 5.74) is -4.59. The number of hydrogen-bond donors (Lipinski definition) is 0.